The van der Waals surface area contributed by atoms with Gasteiger partial charge in [0.15, 0.2) is 13.1 Å². The van der Waals surface area contributed by atoms with E-state index in [0.29, 0.717) is 13.1 Å². The number of anilines is 1. The van der Waals surface area contributed by atoms with Crippen LogP contribution in [-0.2, 0) is 9.59 Å². The zero-order valence-corrected chi connectivity index (χ0v) is 15.7. The van der Waals surface area contributed by atoms with Crippen LogP contribution in [-0.4, -0.2) is 57.6 Å². The topological polar surface area (TPSA) is 67.1 Å². The minimum Gasteiger partial charge on any atom is -0.351 e. The number of carbonyl (C=O) groups is 2. The average Bonchev–Trinajstić information content (AvgIpc) is 2.58. The van der Waals surface area contributed by atoms with Crippen molar-refractivity contribution in [3.63, 3.8) is 0 Å². The number of quaternary nitrogens is 2. The van der Waals surface area contributed by atoms with Crippen LogP contribution in [0, 0.1) is 13.8 Å². The highest BCUT2D eigenvalue weighted by Gasteiger charge is 2.26. The van der Waals surface area contributed by atoms with Crippen molar-refractivity contribution in [1.29, 1.82) is 0 Å². The van der Waals surface area contributed by atoms with Gasteiger partial charge >= 0.3 is 0 Å². The summed E-state index contributed by atoms with van der Waals surface area (Å²) >= 11 is 0. The Morgan fingerprint density at radius 3 is 2.00 bits per heavy atom. The van der Waals surface area contributed by atoms with Crippen LogP contribution in [0.4, 0.5) is 5.69 Å². The van der Waals surface area contributed by atoms with E-state index in [9.17, 15) is 9.59 Å². The molecular weight excluding hydrogens is 316 g/mol. The molecule has 2 amide bonds. The van der Waals surface area contributed by atoms with Crippen molar-refractivity contribution >= 4 is 17.5 Å². The SMILES string of the molecule is CCCNC(=O)C[NH+]1CC[NH+](CC(=O)Nc2c(C)cccc2C)CC1. The minimum atomic E-state index is 0.0662. The van der Waals surface area contributed by atoms with E-state index in [1.54, 1.807) is 0 Å². The number of amides is 2. The van der Waals surface area contributed by atoms with Crippen LogP contribution in [0.3, 0.4) is 0 Å². The van der Waals surface area contributed by atoms with E-state index in [-0.39, 0.29) is 11.8 Å². The lowest BCUT2D eigenvalue weighted by Gasteiger charge is -2.29. The third kappa shape index (κ3) is 6.14. The summed E-state index contributed by atoms with van der Waals surface area (Å²) in [5, 5.41) is 5.99. The molecule has 138 valence electrons. The van der Waals surface area contributed by atoms with Gasteiger partial charge in [0.25, 0.3) is 11.8 Å². The molecule has 1 aromatic rings. The second kappa shape index (κ2) is 9.53. The van der Waals surface area contributed by atoms with E-state index in [0.717, 1.165) is 56.0 Å². The molecule has 0 aliphatic carbocycles. The molecule has 0 aromatic heterocycles. The highest BCUT2D eigenvalue weighted by atomic mass is 16.2. The maximum absolute atomic E-state index is 12.4. The van der Waals surface area contributed by atoms with Gasteiger partial charge in [-0.15, -0.1) is 0 Å². The highest BCUT2D eigenvalue weighted by molar-refractivity contribution is 5.93. The quantitative estimate of drug-likeness (QED) is 0.487. The van der Waals surface area contributed by atoms with Gasteiger partial charge < -0.3 is 20.4 Å². The predicted molar refractivity (Wildman–Crippen MR) is 99.0 cm³/mol. The third-order valence-corrected chi connectivity index (χ3v) is 4.80. The lowest BCUT2D eigenvalue weighted by Crippen LogP contribution is -3.28. The summed E-state index contributed by atoms with van der Waals surface area (Å²) in [5.41, 5.74) is 3.12. The Bertz CT molecular complexity index is 575. The first kappa shape index (κ1) is 19.4. The highest BCUT2D eigenvalue weighted by Crippen LogP contribution is 2.18. The van der Waals surface area contributed by atoms with E-state index in [1.165, 1.54) is 9.80 Å². The van der Waals surface area contributed by atoms with E-state index >= 15 is 0 Å². The van der Waals surface area contributed by atoms with Gasteiger partial charge in [-0.3, -0.25) is 9.59 Å². The molecule has 0 atom stereocenters. The van der Waals surface area contributed by atoms with Crippen molar-refractivity contribution in [3.8, 4) is 0 Å². The molecule has 2 rings (SSSR count). The zero-order valence-electron chi connectivity index (χ0n) is 15.7. The molecule has 0 bridgehead atoms. The minimum absolute atomic E-state index is 0.0662. The van der Waals surface area contributed by atoms with Gasteiger partial charge in [-0.05, 0) is 31.4 Å². The van der Waals surface area contributed by atoms with Gasteiger partial charge in [-0.1, -0.05) is 25.1 Å². The number of nitrogens with one attached hydrogen (secondary N) is 4. The predicted octanol–water partition coefficient (Wildman–Crippen LogP) is -1.45. The van der Waals surface area contributed by atoms with Crippen LogP contribution in [0.1, 0.15) is 24.5 Å². The molecule has 1 fully saturated rings. The zero-order chi connectivity index (χ0) is 18.2. The van der Waals surface area contributed by atoms with E-state index < -0.39 is 0 Å². The standard InChI is InChI=1S/C19H30N4O2/c1-4-8-20-17(24)13-22-9-11-23(12-10-22)14-18(25)21-19-15(2)6-5-7-16(19)3/h5-7H,4,8-14H2,1-3H3,(H,20,24)(H,21,25)/p+2. The van der Waals surface area contributed by atoms with Crippen LogP contribution >= 0.6 is 0 Å². The van der Waals surface area contributed by atoms with E-state index in [2.05, 4.69) is 17.6 Å². The van der Waals surface area contributed by atoms with Gasteiger partial charge in [-0.2, -0.15) is 0 Å². The normalized spacial score (nSPS) is 20.1. The van der Waals surface area contributed by atoms with Crippen molar-refractivity contribution in [2.24, 2.45) is 0 Å². The number of hydrogen-bond acceptors (Lipinski definition) is 2. The molecule has 1 saturated heterocycles. The van der Waals surface area contributed by atoms with Crippen molar-refractivity contribution in [2.75, 3.05) is 51.1 Å². The Labute approximate surface area is 150 Å². The molecule has 25 heavy (non-hydrogen) atoms. The molecule has 0 saturated carbocycles. The molecule has 0 radical (unpaired) electrons. The second-order valence-electron chi connectivity index (χ2n) is 7.02. The lowest BCUT2D eigenvalue weighted by atomic mass is 10.1. The summed E-state index contributed by atoms with van der Waals surface area (Å²) in [4.78, 5) is 26.8. The van der Waals surface area contributed by atoms with Crippen molar-refractivity contribution < 1.29 is 19.4 Å². The van der Waals surface area contributed by atoms with E-state index in [4.69, 9.17) is 0 Å². The average molecular weight is 348 g/mol. The molecule has 6 nitrogen and oxygen atoms in total. The van der Waals surface area contributed by atoms with Gasteiger partial charge in [-0.25, -0.2) is 0 Å². The summed E-state index contributed by atoms with van der Waals surface area (Å²) in [7, 11) is 0. The van der Waals surface area contributed by atoms with Crippen molar-refractivity contribution in [1.82, 2.24) is 5.32 Å². The van der Waals surface area contributed by atoms with Gasteiger partial charge in [0.1, 0.15) is 26.2 Å². The van der Waals surface area contributed by atoms with Crippen LogP contribution < -0.4 is 20.4 Å². The number of hydrogen-bond donors (Lipinski definition) is 4. The molecule has 4 N–H and O–H groups in total. The van der Waals surface area contributed by atoms with Crippen molar-refractivity contribution in [2.45, 2.75) is 27.2 Å². The Hall–Kier alpha value is -1.92. The molecule has 1 aliphatic rings. The maximum Gasteiger partial charge on any atom is 0.279 e. The third-order valence-electron chi connectivity index (χ3n) is 4.80. The Morgan fingerprint density at radius 2 is 1.48 bits per heavy atom. The first-order valence-corrected chi connectivity index (χ1v) is 9.29. The largest absolute Gasteiger partial charge is 0.351 e. The monoisotopic (exact) mass is 348 g/mol. The number of piperazine rings is 1. The molecule has 0 spiro atoms. The number of benzene rings is 1. The Morgan fingerprint density at radius 1 is 0.960 bits per heavy atom. The summed E-state index contributed by atoms with van der Waals surface area (Å²) in [6.07, 6.45) is 0.967. The lowest BCUT2D eigenvalue weighted by molar-refractivity contribution is -1.00. The number of carbonyl (C=O) groups excluding carboxylic acids is 2. The number of rotatable bonds is 7. The van der Waals surface area contributed by atoms with Gasteiger partial charge in [0.2, 0.25) is 0 Å². The smallest absolute Gasteiger partial charge is 0.279 e. The molecule has 0 unspecified atom stereocenters. The van der Waals surface area contributed by atoms with Gasteiger partial charge in [0, 0.05) is 12.2 Å². The van der Waals surface area contributed by atoms with Crippen LogP contribution in [0.5, 0.6) is 0 Å². The summed E-state index contributed by atoms with van der Waals surface area (Å²) in [6.45, 7) is 11.6. The Balaban J connectivity index is 1.74. The molecule has 6 heteroatoms. The Kier molecular flexibility index (Phi) is 7.40. The second-order valence-corrected chi connectivity index (χ2v) is 7.02. The first-order chi connectivity index (χ1) is 12.0. The molecule has 1 heterocycles. The van der Waals surface area contributed by atoms with Crippen molar-refractivity contribution in [3.05, 3.63) is 29.3 Å². The molecule has 1 aliphatic heterocycles. The summed E-state index contributed by atoms with van der Waals surface area (Å²) in [5.74, 6) is 0.199. The summed E-state index contributed by atoms with van der Waals surface area (Å²) < 4.78 is 0. The number of para-hydroxylation sites is 1. The van der Waals surface area contributed by atoms with Crippen LogP contribution in [0.2, 0.25) is 0 Å². The fraction of sp³-hybridized carbons (Fsp3) is 0.579. The number of aryl methyl sites for hydroxylation is 2. The fourth-order valence-electron chi connectivity index (χ4n) is 3.29. The van der Waals surface area contributed by atoms with E-state index in [1.807, 2.05) is 32.0 Å². The van der Waals surface area contributed by atoms with Gasteiger partial charge in [0.05, 0.1) is 0 Å². The van der Waals surface area contributed by atoms with Crippen LogP contribution in [0.25, 0.3) is 0 Å². The fourth-order valence-corrected chi connectivity index (χ4v) is 3.29. The first-order valence-electron chi connectivity index (χ1n) is 9.29. The summed E-state index contributed by atoms with van der Waals surface area (Å²) in [6, 6.07) is 6.03. The maximum atomic E-state index is 12.4. The molecule has 1 aromatic carbocycles. The van der Waals surface area contributed by atoms with Crippen LogP contribution in [0.15, 0.2) is 18.2 Å². The molecular formula is C19H32N4O2+2.